The van der Waals surface area contributed by atoms with Crippen LogP contribution in [0.3, 0.4) is 0 Å². The quantitative estimate of drug-likeness (QED) is 0.472. The number of hydrogen-bond acceptors (Lipinski definition) is 5. The van der Waals surface area contributed by atoms with Crippen molar-refractivity contribution in [3.05, 3.63) is 23.8 Å². The number of rotatable bonds is 9. The number of methoxy groups -OCH3 is 1. The number of guanidine groups is 1. The highest BCUT2D eigenvalue weighted by molar-refractivity contribution is 5.80. The number of carbonyl (C=O) groups excluding carboxylic acids is 1. The van der Waals surface area contributed by atoms with Crippen molar-refractivity contribution in [2.24, 2.45) is 4.99 Å². The maximum absolute atomic E-state index is 11.9. The smallest absolute Gasteiger partial charge is 0.409 e. The Morgan fingerprint density at radius 1 is 1.20 bits per heavy atom. The fourth-order valence-corrected chi connectivity index (χ4v) is 3.25. The van der Waals surface area contributed by atoms with Gasteiger partial charge in [-0.05, 0) is 50.8 Å². The topological polar surface area (TPSA) is 84.4 Å². The van der Waals surface area contributed by atoms with Gasteiger partial charge in [-0.1, -0.05) is 13.0 Å². The molecule has 1 aromatic carbocycles. The lowest BCUT2D eigenvalue weighted by atomic mass is 10.1. The van der Waals surface area contributed by atoms with Gasteiger partial charge in [-0.25, -0.2) is 9.79 Å². The first kappa shape index (κ1) is 23.6. The summed E-state index contributed by atoms with van der Waals surface area (Å²) in [5.74, 6) is 2.25. The van der Waals surface area contributed by atoms with Crippen LogP contribution < -0.4 is 20.1 Å². The first-order chi connectivity index (χ1) is 14.6. The Labute approximate surface area is 180 Å². The number of aliphatic imine (C=N–C) groups is 1. The molecule has 0 atom stereocenters. The van der Waals surface area contributed by atoms with Crippen LogP contribution in [0.2, 0.25) is 0 Å². The maximum Gasteiger partial charge on any atom is 0.409 e. The second kappa shape index (κ2) is 12.8. The molecule has 1 fully saturated rings. The number of amides is 1. The molecular weight excluding hydrogens is 384 g/mol. The molecule has 0 spiro atoms. The predicted molar refractivity (Wildman–Crippen MR) is 118 cm³/mol. The summed E-state index contributed by atoms with van der Waals surface area (Å²) in [5.41, 5.74) is 1.05. The van der Waals surface area contributed by atoms with Gasteiger partial charge >= 0.3 is 6.09 Å². The fraction of sp³-hybridized carbons (Fsp3) is 0.636. The second-order valence-corrected chi connectivity index (χ2v) is 7.13. The predicted octanol–water partition coefficient (Wildman–Crippen LogP) is 3.16. The summed E-state index contributed by atoms with van der Waals surface area (Å²) in [6.45, 7) is 9.70. The zero-order chi connectivity index (χ0) is 21.8. The normalized spacial score (nSPS) is 14.9. The van der Waals surface area contributed by atoms with Crippen molar-refractivity contribution in [2.45, 2.75) is 52.6 Å². The molecule has 1 aromatic rings. The van der Waals surface area contributed by atoms with E-state index in [9.17, 15) is 4.79 Å². The number of piperidine rings is 1. The number of hydrogen-bond donors (Lipinski definition) is 2. The van der Waals surface area contributed by atoms with Gasteiger partial charge in [-0.3, -0.25) is 0 Å². The molecule has 0 bridgehead atoms. The summed E-state index contributed by atoms with van der Waals surface area (Å²) in [6, 6.07) is 6.19. The number of nitrogens with one attached hydrogen (secondary N) is 2. The van der Waals surface area contributed by atoms with Crippen molar-refractivity contribution in [3.8, 4) is 11.5 Å². The van der Waals surface area contributed by atoms with Crippen LogP contribution in [-0.2, 0) is 11.3 Å². The van der Waals surface area contributed by atoms with Crippen LogP contribution in [0.15, 0.2) is 23.2 Å². The molecule has 1 aliphatic heterocycles. The SMILES string of the molecule is CCCOc1ccc(CN=C(NCC)NC2CCN(C(=O)OCC)CC2)cc1OC. The summed E-state index contributed by atoms with van der Waals surface area (Å²) in [4.78, 5) is 18.3. The fourth-order valence-electron chi connectivity index (χ4n) is 3.25. The van der Waals surface area contributed by atoms with Gasteiger partial charge in [0, 0.05) is 25.7 Å². The Bertz CT molecular complexity index is 688. The Hall–Kier alpha value is -2.64. The van der Waals surface area contributed by atoms with Crippen molar-refractivity contribution in [3.63, 3.8) is 0 Å². The van der Waals surface area contributed by atoms with E-state index in [1.165, 1.54) is 0 Å². The molecule has 1 aliphatic rings. The molecule has 8 heteroatoms. The van der Waals surface area contributed by atoms with E-state index in [0.29, 0.717) is 32.8 Å². The Balaban J connectivity index is 1.94. The summed E-state index contributed by atoms with van der Waals surface area (Å²) >= 11 is 0. The van der Waals surface area contributed by atoms with Crippen LogP contribution in [0.25, 0.3) is 0 Å². The van der Waals surface area contributed by atoms with Gasteiger partial charge in [0.05, 0.1) is 26.9 Å². The van der Waals surface area contributed by atoms with Gasteiger partial charge in [0.2, 0.25) is 0 Å². The van der Waals surface area contributed by atoms with Crippen LogP contribution in [0.4, 0.5) is 4.79 Å². The molecule has 1 amide bonds. The van der Waals surface area contributed by atoms with Crippen LogP contribution in [0.1, 0.15) is 45.6 Å². The molecular formula is C22H36N4O4. The lowest BCUT2D eigenvalue weighted by molar-refractivity contribution is 0.0963. The van der Waals surface area contributed by atoms with Crippen molar-refractivity contribution >= 4 is 12.1 Å². The van der Waals surface area contributed by atoms with Gasteiger partial charge in [-0.2, -0.15) is 0 Å². The minimum atomic E-state index is -0.225. The monoisotopic (exact) mass is 420 g/mol. The van der Waals surface area contributed by atoms with Gasteiger partial charge in [0.25, 0.3) is 0 Å². The highest BCUT2D eigenvalue weighted by Crippen LogP contribution is 2.28. The average molecular weight is 421 g/mol. The number of likely N-dealkylation sites (tertiary alicyclic amines) is 1. The molecule has 30 heavy (non-hydrogen) atoms. The third-order valence-corrected chi connectivity index (χ3v) is 4.82. The van der Waals surface area contributed by atoms with Crippen LogP contribution in [-0.4, -0.2) is 63.0 Å². The van der Waals surface area contributed by atoms with Gasteiger partial charge in [-0.15, -0.1) is 0 Å². The van der Waals surface area contributed by atoms with E-state index in [-0.39, 0.29) is 12.1 Å². The van der Waals surface area contributed by atoms with E-state index in [2.05, 4.69) is 17.6 Å². The first-order valence-corrected chi connectivity index (χ1v) is 10.9. The molecule has 2 N–H and O–H groups in total. The van der Waals surface area contributed by atoms with Crippen molar-refractivity contribution in [1.82, 2.24) is 15.5 Å². The lowest BCUT2D eigenvalue weighted by Gasteiger charge is -2.32. The number of ether oxygens (including phenoxy) is 3. The average Bonchev–Trinajstić information content (AvgIpc) is 2.77. The zero-order valence-corrected chi connectivity index (χ0v) is 18.7. The third kappa shape index (κ3) is 7.31. The highest BCUT2D eigenvalue weighted by atomic mass is 16.6. The van der Waals surface area contributed by atoms with Crippen LogP contribution >= 0.6 is 0 Å². The largest absolute Gasteiger partial charge is 0.493 e. The number of nitrogens with zero attached hydrogens (tertiary/aromatic N) is 2. The van der Waals surface area contributed by atoms with E-state index in [1.54, 1.807) is 12.0 Å². The van der Waals surface area contributed by atoms with E-state index >= 15 is 0 Å². The Kier molecular flexibility index (Phi) is 10.1. The standard InChI is InChI=1S/C22H36N4O4/c1-5-14-30-19-9-8-17(15-20(19)28-4)16-24-21(23-6-2)25-18-10-12-26(13-11-18)22(27)29-7-3/h8-9,15,18H,5-7,10-14,16H2,1-4H3,(H2,23,24,25). The summed E-state index contributed by atoms with van der Waals surface area (Å²) in [5, 5.41) is 6.79. The summed E-state index contributed by atoms with van der Waals surface area (Å²) in [6.07, 6.45) is 2.45. The molecule has 8 nitrogen and oxygen atoms in total. The van der Waals surface area contributed by atoms with E-state index in [1.807, 2.05) is 32.0 Å². The minimum absolute atomic E-state index is 0.225. The Morgan fingerprint density at radius 2 is 1.97 bits per heavy atom. The van der Waals surface area contributed by atoms with E-state index in [0.717, 1.165) is 48.8 Å². The van der Waals surface area contributed by atoms with Crippen LogP contribution in [0.5, 0.6) is 11.5 Å². The summed E-state index contributed by atoms with van der Waals surface area (Å²) < 4.78 is 16.3. The van der Waals surface area contributed by atoms with Gasteiger partial charge in [0.15, 0.2) is 17.5 Å². The highest BCUT2D eigenvalue weighted by Gasteiger charge is 2.24. The molecule has 0 unspecified atom stereocenters. The van der Waals surface area contributed by atoms with Gasteiger partial charge in [0.1, 0.15) is 0 Å². The maximum atomic E-state index is 11.9. The van der Waals surface area contributed by atoms with E-state index < -0.39 is 0 Å². The summed E-state index contributed by atoms with van der Waals surface area (Å²) in [7, 11) is 1.65. The third-order valence-electron chi connectivity index (χ3n) is 4.82. The molecule has 2 rings (SSSR count). The first-order valence-electron chi connectivity index (χ1n) is 10.9. The Morgan fingerprint density at radius 3 is 2.60 bits per heavy atom. The molecule has 1 saturated heterocycles. The van der Waals surface area contributed by atoms with E-state index in [4.69, 9.17) is 19.2 Å². The molecule has 168 valence electrons. The molecule has 1 heterocycles. The number of benzene rings is 1. The van der Waals surface area contributed by atoms with Crippen molar-refractivity contribution in [1.29, 1.82) is 0 Å². The zero-order valence-electron chi connectivity index (χ0n) is 18.7. The molecule has 0 radical (unpaired) electrons. The van der Waals surface area contributed by atoms with Gasteiger partial charge < -0.3 is 29.7 Å². The van der Waals surface area contributed by atoms with Crippen LogP contribution in [0, 0.1) is 0 Å². The minimum Gasteiger partial charge on any atom is -0.493 e. The molecule has 0 aromatic heterocycles. The molecule has 0 saturated carbocycles. The lowest BCUT2D eigenvalue weighted by Crippen LogP contribution is -2.49. The van der Waals surface area contributed by atoms with Crippen molar-refractivity contribution in [2.75, 3.05) is 40.0 Å². The van der Waals surface area contributed by atoms with Crippen molar-refractivity contribution < 1.29 is 19.0 Å². The molecule has 0 aliphatic carbocycles. The second-order valence-electron chi connectivity index (χ2n) is 7.13. The number of carbonyl (C=O) groups is 1.